The fourth-order valence-corrected chi connectivity index (χ4v) is 1.91. The van der Waals surface area contributed by atoms with Crippen LogP contribution in [0.5, 0.6) is 0 Å². The van der Waals surface area contributed by atoms with E-state index in [9.17, 15) is 14.9 Å². The molecule has 0 saturated carbocycles. The van der Waals surface area contributed by atoms with E-state index in [1.807, 2.05) is 6.92 Å². The van der Waals surface area contributed by atoms with Gasteiger partial charge in [0.05, 0.1) is 23.0 Å². The second-order valence-corrected chi connectivity index (χ2v) is 4.30. The van der Waals surface area contributed by atoms with Gasteiger partial charge in [0.25, 0.3) is 11.6 Å². The van der Waals surface area contributed by atoms with Gasteiger partial charge in [-0.05, 0) is 19.1 Å². The van der Waals surface area contributed by atoms with Crippen LogP contribution < -0.4 is 10.6 Å². The van der Waals surface area contributed by atoms with Gasteiger partial charge in [0.15, 0.2) is 0 Å². The number of hydrogen-bond acceptors (Lipinski definition) is 5. The molecular formula is C14H15N3O4. The van der Waals surface area contributed by atoms with Gasteiger partial charge >= 0.3 is 0 Å². The monoisotopic (exact) mass is 289 g/mol. The van der Waals surface area contributed by atoms with E-state index in [2.05, 4.69) is 10.6 Å². The van der Waals surface area contributed by atoms with Crippen molar-refractivity contribution >= 4 is 17.3 Å². The minimum atomic E-state index is -0.509. The molecule has 1 amide bonds. The topological polar surface area (TPSA) is 97.4 Å². The molecule has 0 atom stereocenters. The van der Waals surface area contributed by atoms with Gasteiger partial charge in [-0.3, -0.25) is 14.9 Å². The van der Waals surface area contributed by atoms with Crippen molar-refractivity contribution in [3.8, 4) is 0 Å². The zero-order chi connectivity index (χ0) is 15.2. The highest BCUT2D eigenvalue weighted by Crippen LogP contribution is 2.28. The van der Waals surface area contributed by atoms with Gasteiger partial charge < -0.3 is 15.1 Å². The number of nitrogens with one attached hydrogen (secondary N) is 2. The Labute approximate surface area is 121 Å². The van der Waals surface area contributed by atoms with Crippen molar-refractivity contribution in [3.05, 3.63) is 58.0 Å². The van der Waals surface area contributed by atoms with Gasteiger partial charge in [0.2, 0.25) is 0 Å². The highest BCUT2D eigenvalue weighted by atomic mass is 16.6. The second-order valence-electron chi connectivity index (χ2n) is 4.30. The molecule has 0 spiro atoms. The van der Waals surface area contributed by atoms with Crippen LogP contribution >= 0.6 is 0 Å². The molecule has 21 heavy (non-hydrogen) atoms. The fraction of sp³-hybridized carbons (Fsp3) is 0.214. The third-order valence-electron chi connectivity index (χ3n) is 2.87. The van der Waals surface area contributed by atoms with Crippen molar-refractivity contribution < 1.29 is 14.1 Å². The smallest absolute Gasteiger partial charge is 0.293 e. The lowest BCUT2D eigenvalue weighted by Gasteiger charge is -2.11. The Morgan fingerprint density at radius 2 is 2.19 bits per heavy atom. The van der Waals surface area contributed by atoms with E-state index >= 15 is 0 Å². The number of benzene rings is 1. The van der Waals surface area contributed by atoms with Gasteiger partial charge in [-0.1, -0.05) is 6.07 Å². The Morgan fingerprint density at radius 1 is 1.38 bits per heavy atom. The quantitative estimate of drug-likeness (QED) is 0.629. The molecule has 0 aliphatic heterocycles. The number of para-hydroxylation sites is 1. The molecule has 7 heteroatoms. The van der Waals surface area contributed by atoms with Crippen LogP contribution in [0.25, 0.3) is 0 Å². The number of nitrogens with zero attached hydrogens (tertiary/aromatic N) is 1. The van der Waals surface area contributed by atoms with Gasteiger partial charge in [-0.2, -0.15) is 0 Å². The predicted octanol–water partition coefficient (Wildman–Crippen LogP) is 2.55. The van der Waals surface area contributed by atoms with Crippen LogP contribution in [0.4, 0.5) is 11.4 Å². The molecule has 0 aliphatic carbocycles. The molecule has 0 saturated heterocycles. The molecule has 2 aromatic rings. The SMILES string of the molecule is CCNc1c(C(=O)NCc2ccoc2)cccc1[N+](=O)[O-]. The van der Waals surface area contributed by atoms with Crippen molar-refractivity contribution in [3.63, 3.8) is 0 Å². The lowest BCUT2D eigenvalue weighted by Crippen LogP contribution is -2.24. The molecule has 1 heterocycles. The van der Waals surface area contributed by atoms with Gasteiger partial charge in [-0.15, -0.1) is 0 Å². The summed E-state index contributed by atoms with van der Waals surface area (Å²) < 4.78 is 4.91. The van der Waals surface area contributed by atoms with Gasteiger partial charge in [-0.25, -0.2) is 0 Å². The van der Waals surface area contributed by atoms with Crippen molar-refractivity contribution in [2.75, 3.05) is 11.9 Å². The van der Waals surface area contributed by atoms with E-state index in [1.54, 1.807) is 12.1 Å². The van der Waals surface area contributed by atoms with E-state index < -0.39 is 4.92 Å². The third-order valence-corrected chi connectivity index (χ3v) is 2.87. The molecule has 0 unspecified atom stereocenters. The number of hydrogen-bond donors (Lipinski definition) is 2. The molecule has 0 bridgehead atoms. The molecular weight excluding hydrogens is 274 g/mol. The number of anilines is 1. The molecule has 110 valence electrons. The number of rotatable bonds is 6. The summed E-state index contributed by atoms with van der Waals surface area (Å²) in [7, 11) is 0. The average Bonchev–Trinajstić information content (AvgIpc) is 2.98. The summed E-state index contributed by atoms with van der Waals surface area (Å²) in [5.74, 6) is -0.379. The lowest BCUT2D eigenvalue weighted by molar-refractivity contribution is -0.384. The van der Waals surface area contributed by atoms with E-state index in [0.717, 1.165) is 5.56 Å². The van der Waals surface area contributed by atoms with Crippen molar-refractivity contribution in [2.24, 2.45) is 0 Å². The number of amides is 1. The molecule has 0 aliphatic rings. The van der Waals surface area contributed by atoms with Crippen LogP contribution in [-0.4, -0.2) is 17.4 Å². The fourth-order valence-electron chi connectivity index (χ4n) is 1.91. The van der Waals surface area contributed by atoms with Crippen molar-refractivity contribution in [1.29, 1.82) is 0 Å². The summed E-state index contributed by atoms with van der Waals surface area (Å²) in [6.07, 6.45) is 3.04. The first kappa shape index (κ1) is 14.6. The number of carbonyl (C=O) groups excluding carboxylic acids is 1. The summed E-state index contributed by atoms with van der Waals surface area (Å²) in [5.41, 5.74) is 1.18. The van der Waals surface area contributed by atoms with Crippen LogP contribution in [-0.2, 0) is 6.54 Å². The maximum absolute atomic E-state index is 12.2. The molecule has 0 fully saturated rings. The highest BCUT2D eigenvalue weighted by Gasteiger charge is 2.20. The Kier molecular flexibility index (Phi) is 4.55. The third kappa shape index (κ3) is 3.38. The predicted molar refractivity (Wildman–Crippen MR) is 77.1 cm³/mol. The average molecular weight is 289 g/mol. The lowest BCUT2D eigenvalue weighted by atomic mass is 10.1. The summed E-state index contributed by atoms with van der Waals surface area (Å²) in [4.78, 5) is 22.7. The van der Waals surface area contributed by atoms with E-state index in [4.69, 9.17) is 4.42 Å². The second kappa shape index (κ2) is 6.56. The first-order valence-corrected chi connectivity index (χ1v) is 6.44. The molecule has 0 radical (unpaired) electrons. The number of carbonyl (C=O) groups is 1. The van der Waals surface area contributed by atoms with Crippen LogP contribution in [0.2, 0.25) is 0 Å². The van der Waals surface area contributed by atoms with E-state index in [1.165, 1.54) is 24.7 Å². The first-order valence-electron chi connectivity index (χ1n) is 6.44. The molecule has 1 aromatic carbocycles. The largest absolute Gasteiger partial charge is 0.472 e. The summed E-state index contributed by atoms with van der Waals surface area (Å²) >= 11 is 0. The Hall–Kier alpha value is -2.83. The molecule has 2 N–H and O–H groups in total. The summed E-state index contributed by atoms with van der Waals surface area (Å²) in [6.45, 7) is 2.58. The Balaban J connectivity index is 2.23. The van der Waals surface area contributed by atoms with Crippen LogP contribution in [0.3, 0.4) is 0 Å². The van der Waals surface area contributed by atoms with Crippen LogP contribution in [0, 0.1) is 10.1 Å². The highest BCUT2D eigenvalue weighted by molar-refractivity contribution is 6.01. The van der Waals surface area contributed by atoms with Gasteiger partial charge in [0.1, 0.15) is 5.69 Å². The number of furan rings is 1. The molecule has 1 aromatic heterocycles. The summed E-state index contributed by atoms with van der Waals surface area (Å²) in [6, 6.07) is 6.14. The molecule has 7 nitrogen and oxygen atoms in total. The first-order chi connectivity index (χ1) is 10.1. The van der Waals surface area contributed by atoms with Gasteiger partial charge in [0, 0.05) is 24.7 Å². The zero-order valence-electron chi connectivity index (χ0n) is 11.5. The number of nitro benzene ring substituents is 1. The van der Waals surface area contributed by atoms with Crippen molar-refractivity contribution in [2.45, 2.75) is 13.5 Å². The number of nitro groups is 1. The Bertz CT molecular complexity index is 638. The normalized spacial score (nSPS) is 10.1. The zero-order valence-corrected chi connectivity index (χ0v) is 11.5. The van der Waals surface area contributed by atoms with Crippen LogP contribution in [0.1, 0.15) is 22.8 Å². The van der Waals surface area contributed by atoms with Crippen LogP contribution in [0.15, 0.2) is 41.2 Å². The van der Waals surface area contributed by atoms with E-state index in [-0.39, 0.29) is 22.8 Å². The van der Waals surface area contributed by atoms with Crippen molar-refractivity contribution in [1.82, 2.24) is 5.32 Å². The summed E-state index contributed by atoms with van der Waals surface area (Å²) in [5, 5.41) is 16.6. The maximum Gasteiger partial charge on any atom is 0.293 e. The maximum atomic E-state index is 12.2. The standard InChI is InChI=1S/C14H15N3O4/c1-2-15-13-11(4-3-5-12(13)17(19)20)14(18)16-8-10-6-7-21-9-10/h3-7,9,15H,2,8H2,1H3,(H,16,18). The minimum absolute atomic E-state index is 0.118. The minimum Gasteiger partial charge on any atom is -0.472 e. The Morgan fingerprint density at radius 3 is 2.81 bits per heavy atom. The molecule has 2 rings (SSSR count). The van der Waals surface area contributed by atoms with E-state index in [0.29, 0.717) is 13.1 Å².